The minimum absolute atomic E-state index is 0.0468. The van der Waals surface area contributed by atoms with Crippen molar-refractivity contribution in [3.63, 3.8) is 0 Å². The molecule has 17 heavy (non-hydrogen) atoms. The van der Waals surface area contributed by atoms with Gasteiger partial charge in [0.15, 0.2) is 11.5 Å². The van der Waals surface area contributed by atoms with Crippen LogP contribution in [-0.2, 0) is 4.79 Å². The fourth-order valence-corrected chi connectivity index (χ4v) is 1.42. The molecule has 1 aromatic rings. The van der Waals surface area contributed by atoms with E-state index in [1.165, 1.54) is 17.0 Å². The summed E-state index contributed by atoms with van der Waals surface area (Å²) in [5.41, 5.74) is 5.07. The average molecular weight is 238 g/mol. The maximum absolute atomic E-state index is 11.0. The standard InChI is InChI=1S/C10H14N4O3/c1-3-7(10(16)17)14(2)8-5-4-6(9(11)15)12-13-8/h4-5,7H,3H2,1-2H3,(H2,11,15)(H,16,17). The Morgan fingerprint density at radius 1 is 1.47 bits per heavy atom. The number of carbonyl (C=O) groups is 2. The lowest BCUT2D eigenvalue weighted by Crippen LogP contribution is -2.38. The molecule has 0 aliphatic carbocycles. The van der Waals surface area contributed by atoms with Gasteiger partial charge in [-0.2, -0.15) is 0 Å². The quantitative estimate of drug-likeness (QED) is 0.739. The Balaban J connectivity index is 2.92. The highest BCUT2D eigenvalue weighted by atomic mass is 16.4. The van der Waals surface area contributed by atoms with E-state index in [-0.39, 0.29) is 5.69 Å². The smallest absolute Gasteiger partial charge is 0.326 e. The number of anilines is 1. The number of carboxylic acids is 1. The molecule has 0 aromatic carbocycles. The number of aromatic nitrogens is 2. The second-order valence-electron chi connectivity index (χ2n) is 3.51. The van der Waals surface area contributed by atoms with Crippen LogP contribution in [0.2, 0.25) is 0 Å². The Morgan fingerprint density at radius 2 is 2.12 bits per heavy atom. The third kappa shape index (κ3) is 2.90. The SMILES string of the molecule is CCC(C(=O)O)N(C)c1ccc(C(N)=O)nn1. The maximum Gasteiger partial charge on any atom is 0.326 e. The first kappa shape index (κ1) is 12.9. The van der Waals surface area contributed by atoms with Crippen LogP contribution < -0.4 is 10.6 Å². The van der Waals surface area contributed by atoms with Gasteiger partial charge in [-0.3, -0.25) is 4.79 Å². The van der Waals surface area contributed by atoms with Crippen LogP contribution in [0.4, 0.5) is 5.82 Å². The highest BCUT2D eigenvalue weighted by Crippen LogP contribution is 2.13. The molecule has 0 saturated carbocycles. The van der Waals surface area contributed by atoms with Crippen LogP contribution in [0, 0.1) is 0 Å². The summed E-state index contributed by atoms with van der Waals surface area (Å²) < 4.78 is 0. The highest BCUT2D eigenvalue weighted by molar-refractivity contribution is 5.90. The number of amides is 1. The van der Waals surface area contributed by atoms with Gasteiger partial charge in [0.1, 0.15) is 6.04 Å². The van der Waals surface area contributed by atoms with Crippen molar-refractivity contribution >= 4 is 17.7 Å². The number of nitrogens with zero attached hydrogens (tertiary/aromatic N) is 3. The summed E-state index contributed by atoms with van der Waals surface area (Å²) in [6.07, 6.45) is 0.436. The van der Waals surface area contributed by atoms with Crippen LogP contribution in [0.1, 0.15) is 23.8 Å². The monoisotopic (exact) mass is 238 g/mol. The molecular weight excluding hydrogens is 224 g/mol. The van der Waals surface area contributed by atoms with E-state index in [0.29, 0.717) is 12.2 Å². The number of carbonyl (C=O) groups excluding carboxylic acids is 1. The summed E-state index contributed by atoms with van der Waals surface area (Å²) >= 11 is 0. The molecule has 1 atom stereocenters. The second kappa shape index (κ2) is 5.24. The highest BCUT2D eigenvalue weighted by Gasteiger charge is 2.21. The van der Waals surface area contributed by atoms with Crippen molar-refractivity contribution in [2.45, 2.75) is 19.4 Å². The van der Waals surface area contributed by atoms with Gasteiger partial charge in [0.2, 0.25) is 0 Å². The van der Waals surface area contributed by atoms with E-state index in [4.69, 9.17) is 10.8 Å². The van der Waals surface area contributed by atoms with Crippen molar-refractivity contribution in [3.8, 4) is 0 Å². The number of hydrogen-bond donors (Lipinski definition) is 2. The molecule has 0 fully saturated rings. The van der Waals surface area contributed by atoms with E-state index in [9.17, 15) is 9.59 Å². The molecule has 0 aliphatic heterocycles. The van der Waals surface area contributed by atoms with E-state index < -0.39 is 17.9 Å². The fourth-order valence-electron chi connectivity index (χ4n) is 1.42. The van der Waals surface area contributed by atoms with E-state index >= 15 is 0 Å². The van der Waals surface area contributed by atoms with Gasteiger partial charge < -0.3 is 15.7 Å². The molecule has 92 valence electrons. The molecule has 1 heterocycles. The number of likely N-dealkylation sites (N-methyl/N-ethyl adjacent to an activating group) is 1. The zero-order valence-electron chi connectivity index (χ0n) is 9.62. The third-order valence-electron chi connectivity index (χ3n) is 2.40. The lowest BCUT2D eigenvalue weighted by atomic mass is 10.2. The van der Waals surface area contributed by atoms with Gasteiger partial charge in [0.25, 0.3) is 5.91 Å². The van der Waals surface area contributed by atoms with E-state index in [1.54, 1.807) is 14.0 Å². The summed E-state index contributed by atoms with van der Waals surface area (Å²) in [5, 5.41) is 16.4. The molecule has 7 heteroatoms. The minimum Gasteiger partial charge on any atom is -0.480 e. The summed E-state index contributed by atoms with van der Waals surface area (Å²) in [6.45, 7) is 1.76. The molecular formula is C10H14N4O3. The minimum atomic E-state index is -0.934. The number of primary amides is 1. The summed E-state index contributed by atoms with van der Waals surface area (Å²) in [5.74, 6) is -1.22. The van der Waals surface area contributed by atoms with Gasteiger partial charge in [-0.25, -0.2) is 4.79 Å². The molecule has 1 aromatic heterocycles. The molecule has 7 nitrogen and oxygen atoms in total. The maximum atomic E-state index is 11.0. The number of hydrogen-bond acceptors (Lipinski definition) is 5. The molecule has 1 unspecified atom stereocenters. The largest absolute Gasteiger partial charge is 0.480 e. The molecule has 0 radical (unpaired) electrons. The zero-order valence-corrected chi connectivity index (χ0v) is 9.62. The lowest BCUT2D eigenvalue weighted by Gasteiger charge is -2.24. The average Bonchev–Trinajstić information content (AvgIpc) is 2.29. The Morgan fingerprint density at radius 3 is 2.47 bits per heavy atom. The van der Waals surface area contributed by atoms with Crippen LogP contribution in [0.25, 0.3) is 0 Å². The van der Waals surface area contributed by atoms with Crippen LogP contribution in [-0.4, -0.2) is 40.3 Å². The van der Waals surface area contributed by atoms with Gasteiger partial charge in [0.05, 0.1) is 0 Å². The van der Waals surface area contributed by atoms with E-state index in [0.717, 1.165) is 0 Å². The van der Waals surface area contributed by atoms with Gasteiger partial charge in [-0.1, -0.05) is 6.92 Å². The normalized spacial score (nSPS) is 11.9. The Hall–Kier alpha value is -2.18. The summed E-state index contributed by atoms with van der Waals surface area (Å²) in [7, 11) is 1.61. The number of rotatable bonds is 5. The first-order chi connectivity index (χ1) is 7.97. The molecule has 0 spiro atoms. The molecule has 0 bridgehead atoms. The zero-order chi connectivity index (χ0) is 13.0. The van der Waals surface area contributed by atoms with Crippen molar-refractivity contribution < 1.29 is 14.7 Å². The van der Waals surface area contributed by atoms with Gasteiger partial charge in [-0.15, -0.1) is 10.2 Å². The Kier molecular flexibility index (Phi) is 3.97. The van der Waals surface area contributed by atoms with Crippen LogP contribution in [0.3, 0.4) is 0 Å². The van der Waals surface area contributed by atoms with Crippen LogP contribution in [0.5, 0.6) is 0 Å². The van der Waals surface area contributed by atoms with Gasteiger partial charge >= 0.3 is 5.97 Å². The summed E-state index contributed by atoms with van der Waals surface area (Å²) in [4.78, 5) is 23.2. The van der Waals surface area contributed by atoms with Crippen LogP contribution >= 0.6 is 0 Å². The van der Waals surface area contributed by atoms with Crippen LogP contribution in [0.15, 0.2) is 12.1 Å². The molecule has 0 aliphatic rings. The van der Waals surface area contributed by atoms with Gasteiger partial charge in [-0.05, 0) is 18.6 Å². The second-order valence-corrected chi connectivity index (χ2v) is 3.51. The Labute approximate surface area is 98.2 Å². The number of nitrogens with two attached hydrogens (primary N) is 1. The fraction of sp³-hybridized carbons (Fsp3) is 0.400. The first-order valence-corrected chi connectivity index (χ1v) is 5.06. The van der Waals surface area contributed by atoms with Crippen molar-refractivity contribution in [3.05, 3.63) is 17.8 Å². The Bertz CT molecular complexity index is 418. The number of aliphatic carboxylic acids is 1. The molecule has 1 rings (SSSR count). The van der Waals surface area contributed by atoms with E-state index in [2.05, 4.69) is 10.2 Å². The predicted molar refractivity (Wildman–Crippen MR) is 60.7 cm³/mol. The molecule has 3 N–H and O–H groups in total. The van der Waals surface area contributed by atoms with Crippen molar-refractivity contribution in [1.29, 1.82) is 0 Å². The predicted octanol–water partition coefficient (Wildman–Crippen LogP) is -0.125. The van der Waals surface area contributed by atoms with Crippen molar-refractivity contribution in [1.82, 2.24) is 10.2 Å². The summed E-state index contributed by atoms with van der Waals surface area (Å²) in [6, 6.07) is 2.25. The third-order valence-corrected chi connectivity index (χ3v) is 2.40. The van der Waals surface area contributed by atoms with E-state index in [1.807, 2.05) is 0 Å². The van der Waals surface area contributed by atoms with Gasteiger partial charge in [0, 0.05) is 7.05 Å². The first-order valence-electron chi connectivity index (χ1n) is 5.06. The van der Waals surface area contributed by atoms with Crippen molar-refractivity contribution in [2.24, 2.45) is 5.73 Å². The molecule has 1 amide bonds. The molecule has 0 saturated heterocycles. The lowest BCUT2D eigenvalue weighted by molar-refractivity contribution is -0.138. The van der Waals surface area contributed by atoms with Crippen molar-refractivity contribution in [2.75, 3.05) is 11.9 Å². The topological polar surface area (TPSA) is 109 Å². The number of carboxylic acid groups (broad SMARTS) is 1.